The molecule has 122 valence electrons. The number of nitrogens with zero attached hydrogens (tertiary/aromatic N) is 2. The van der Waals surface area contributed by atoms with Crippen molar-refractivity contribution < 1.29 is 0 Å². The van der Waals surface area contributed by atoms with Crippen molar-refractivity contribution in [2.45, 2.75) is 25.8 Å². The van der Waals surface area contributed by atoms with Crippen LogP contribution >= 0.6 is 11.6 Å². The molecule has 1 saturated heterocycles. The van der Waals surface area contributed by atoms with Crippen molar-refractivity contribution >= 4 is 11.6 Å². The first-order chi connectivity index (χ1) is 11.3. The molecule has 0 spiro atoms. The molecule has 0 saturated carbocycles. The molecule has 0 aliphatic carbocycles. The van der Waals surface area contributed by atoms with Gasteiger partial charge >= 0.3 is 0 Å². The van der Waals surface area contributed by atoms with Crippen molar-refractivity contribution in [3.05, 3.63) is 64.4 Å². The smallest absolute Gasteiger partial charge is 0.0777 e. The Morgan fingerprint density at radius 3 is 2.87 bits per heavy atom. The summed E-state index contributed by atoms with van der Waals surface area (Å²) in [5.41, 5.74) is 3.60. The highest BCUT2D eigenvalue weighted by Crippen LogP contribution is 2.29. The van der Waals surface area contributed by atoms with E-state index in [-0.39, 0.29) is 6.04 Å². The molecule has 3 nitrogen and oxygen atoms in total. The van der Waals surface area contributed by atoms with E-state index in [4.69, 9.17) is 16.6 Å². The van der Waals surface area contributed by atoms with E-state index in [9.17, 15) is 0 Å². The van der Waals surface area contributed by atoms with E-state index in [1.165, 1.54) is 11.1 Å². The molecule has 1 N–H and O–H groups in total. The molecule has 4 heteroatoms. The lowest BCUT2D eigenvalue weighted by Gasteiger charge is -2.30. The molecule has 23 heavy (non-hydrogen) atoms. The van der Waals surface area contributed by atoms with Gasteiger partial charge < -0.3 is 5.32 Å². The van der Waals surface area contributed by atoms with Gasteiger partial charge in [-0.05, 0) is 48.7 Å². The van der Waals surface area contributed by atoms with E-state index in [0.29, 0.717) is 0 Å². The van der Waals surface area contributed by atoms with Crippen LogP contribution < -0.4 is 5.32 Å². The summed E-state index contributed by atoms with van der Waals surface area (Å²) in [7, 11) is 0. The zero-order valence-electron chi connectivity index (χ0n) is 13.6. The second-order valence-corrected chi connectivity index (χ2v) is 6.48. The molecule has 1 aromatic carbocycles. The molecule has 0 bridgehead atoms. The Labute approximate surface area is 143 Å². The van der Waals surface area contributed by atoms with Gasteiger partial charge in [-0.15, -0.1) is 0 Å². The van der Waals surface area contributed by atoms with Gasteiger partial charge in [0.1, 0.15) is 0 Å². The Morgan fingerprint density at radius 2 is 2.13 bits per heavy atom. The predicted octanol–water partition coefficient (Wildman–Crippen LogP) is 3.68. The number of pyridine rings is 1. The first kappa shape index (κ1) is 16.4. The monoisotopic (exact) mass is 329 g/mol. The average molecular weight is 330 g/mol. The van der Waals surface area contributed by atoms with Gasteiger partial charge in [-0.25, -0.2) is 0 Å². The Bertz CT molecular complexity index is 619. The molecule has 1 aliphatic heterocycles. The molecule has 0 amide bonds. The third-order valence-electron chi connectivity index (χ3n) is 4.44. The summed E-state index contributed by atoms with van der Waals surface area (Å²) in [4.78, 5) is 7.27. The number of halogens is 1. The Hall–Kier alpha value is -1.42. The van der Waals surface area contributed by atoms with Crippen LogP contribution in [-0.4, -0.2) is 36.1 Å². The van der Waals surface area contributed by atoms with Gasteiger partial charge in [-0.3, -0.25) is 9.88 Å². The number of aryl methyl sites for hydroxylation is 1. The molecule has 1 atom stereocenters. The summed E-state index contributed by atoms with van der Waals surface area (Å²) < 4.78 is 0. The van der Waals surface area contributed by atoms with E-state index >= 15 is 0 Å². The fraction of sp³-hybridized carbons (Fsp3) is 0.421. The Balaban J connectivity index is 1.97. The van der Waals surface area contributed by atoms with Gasteiger partial charge in [-0.1, -0.05) is 36.7 Å². The highest BCUT2D eigenvalue weighted by Gasteiger charge is 2.24. The highest BCUT2D eigenvalue weighted by atomic mass is 35.5. The van der Waals surface area contributed by atoms with Crippen LogP contribution in [0.1, 0.15) is 36.2 Å². The van der Waals surface area contributed by atoms with Crippen LogP contribution in [0.3, 0.4) is 0 Å². The van der Waals surface area contributed by atoms with Gasteiger partial charge in [0.15, 0.2) is 0 Å². The fourth-order valence-electron chi connectivity index (χ4n) is 3.18. The van der Waals surface area contributed by atoms with Crippen LogP contribution in [0.5, 0.6) is 0 Å². The standard InChI is InChI=1S/C19H24ClN3/c1-2-15-7-8-18(22-14-15)19(16-5-3-6-17(20)13-16)23-11-4-9-21-10-12-23/h3,5-8,13-14,19,21H,2,4,9-12H2,1H3. The molecular formula is C19H24ClN3. The zero-order chi connectivity index (χ0) is 16.1. The number of nitrogens with one attached hydrogen (secondary N) is 1. The number of hydrogen-bond acceptors (Lipinski definition) is 3. The van der Waals surface area contributed by atoms with Crippen LogP contribution in [0, 0.1) is 0 Å². The number of aromatic nitrogens is 1. The largest absolute Gasteiger partial charge is 0.315 e. The second-order valence-electron chi connectivity index (χ2n) is 6.04. The number of benzene rings is 1. The van der Waals surface area contributed by atoms with Gasteiger partial charge in [0, 0.05) is 30.9 Å². The molecule has 0 radical (unpaired) electrons. The van der Waals surface area contributed by atoms with Crippen molar-refractivity contribution in [2.75, 3.05) is 26.2 Å². The summed E-state index contributed by atoms with van der Waals surface area (Å²) in [5, 5.41) is 4.26. The first-order valence-electron chi connectivity index (χ1n) is 8.43. The summed E-state index contributed by atoms with van der Waals surface area (Å²) in [6.45, 7) is 6.35. The van der Waals surface area contributed by atoms with Crippen molar-refractivity contribution in [1.29, 1.82) is 0 Å². The van der Waals surface area contributed by atoms with Crippen LogP contribution in [0.2, 0.25) is 5.02 Å². The predicted molar refractivity (Wildman–Crippen MR) is 96.0 cm³/mol. The van der Waals surface area contributed by atoms with Gasteiger partial charge in [0.05, 0.1) is 11.7 Å². The minimum Gasteiger partial charge on any atom is -0.315 e. The first-order valence-corrected chi connectivity index (χ1v) is 8.81. The van der Waals surface area contributed by atoms with Crippen LogP contribution in [0.25, 0.3) is 0 Å². The topological polar surface area (TPSA) is 28.2 Å². The van der Waals surface area contributed by atoms with Crippen molar-refractivity contribution in [1.82, 2.24) is 15.2 Å². The molecule has 2 aromatic rings. The summed E-state index contributed by atoms with van der Waals surface area (Å²) in [6, 6.07) is 12.7. The Morgan fingerprint density at radius 1 is 1.22 bits per heavy atom. The second kappa shape index (κ2) is 7.91. The molecule has 1 unspecified atom stereocenters. The molecule has 3 rings (SSSR count). The highest BCUT2D eigenvalue weighted by molar-refractivity contribution is 6.30. The molecule has 1 aromatic heterocycles. The summed E-state index contributed by atoms with van der Waals surface area (Å²) >= 11 is 6.24. The minimum atomic E-state index is 0.166. The van der Waals surface area contributed by atoms with E-state index in [0.717, 1.165) is 49.7 Å². The molecule has 1 aliphatic rings. The van der Waals surface area contributed by atoms with Gasteiger partial charge in [-0.2, -0.15) is 0 Å². The molecule has 1 fully saturated rings. The van der Waals surface area contributed by atoms with E-state index < -0.39 is 0 Å². The minimum absolute atomic E-state index is 0.166. The van der Waals surface area contributed by atoms with Crippen LogP contribution in [0.15, 0.2) is 42.6 Å². The lowest BCUT2D eigenvalue weighted by atomic mass is 10.00. The summed E-state index contributed by atoms with van der Waals surface area (Å²) in [5.74, 6) is 0. The fourth-order valence-corrected chi connectivity index (χ4v) is 3.38. The lowest BCUT2D eigenvalue weighted by Crippen LogP contribution is -2.33. The summed E-state index contributed by atoms with van der Waals surface area (Å²) in [6.07, 6.45) is 4.18. The van der Waals surface area contributed by atoms with Crippen molar-refractivity contribution in [3.8, 4) is 0 Å². The maximum Gasteiger partial charge on any atom is 0.0777 e. The van der Waals surface area contributed by atoms with Gasteiger partial charge in [0.2, 0.25) is 0 Å². The van der Waals surface area contributed by atoms with E-state index in [1.807, 2.05) is 18.3 Å². The zero-order valence-corrected chi connectivity index (χ0v) is 14.4. The quantitative estimate of drug-likeness (QED) is 0.927. The van der Waals surface area contributed by atoms with Crippen molar-refractivity contribution in [2.24, 2.45) is 0 Å². The van der Waals surface area contributed by atoms with Crippen molar-refractivity contribution in [3.63, 3.8) is 0 Å². The average Bonchev–Trinajstić information content (AvgIpc) is 2.85. The molecule has 2 heterocycles. The molecular weight excluding hydrogens is 306 g/mol. The normalized spacial score (nSPS) is 17.7. The van der Waals surface area contributed by atoms with Crippen LogP contribution in [0.4, 0.5) is 0 Å². The number of hydrogen-bond donors (Lipinski definition) is 1. The third-order valence-corrected chi connectivity index (χ3v) is 4.68. The van der Waals surface area contributed by atoms with Crippen LogP contribution in [-0.2, 0) is 6.42 Å². The number of rotatable bonds is 4. The van der Waals surface area contributed by atoms with E-state index in [2.05, 4.69) is 41.4 Å². The van der Waals surface area contributed by atoms with Gasteiger partial charge in [0.25, 0.3) is 0 Å². The lowest BCUT2D eigenvalue weighted by molar-refractivity contribution is 0.237. The maximum atomic E-state index is 6.24. The third kappa shape index (κ3) is 4.11. The SMILES string of the molecule is CCc1ccc(C(c2cccc(Cl)c2)N2CCCNCC2)nc1. The maximum absolute atomic E-state index is 6.24. The van der Waals surface area contributed by atoms with E-state index in [1.54, 1.807) is 0 Å². The Kier molecular flexibility index (Phi) is 5.65.